The fraction of sp³-hybridized carbons (Fsp3) is 0.814. The van der Waals surface area contributed by atoms with E-state index in [2.05, 4.69) is 30.5 Å². The number of sulfonamides is 1. The molecule has 55 heavy (non-hydrogen) atoms. The Morgan fingerprint density at radius 2 is 1.62 bits per heavy atom. The maximum atomic E-state index is 15.2. The van der Waals surface area contributed by atoms with E-state index in [0.717, 1.165) is 51.4 Å². The molecule has 0 unspecified atom stereocenters. The van der Waals surface area contributed by atoms with Gasteiger partial charge < -0.3 is 10.2 Å². The molecule has 0 aromatic heterocycles. The first-order chi connectivity index (χ1) is 25.7. The second kappa shape index (κ2) is 13.9. The number of carbonyl (C=O) groups excluding carboxylic acids is 6. The lowest BCUT2D eigenvalue weighted by Gasteiger charge is -2.37. The minimum atomic E-state index is -3.83. The van der Waals surface area contributed by atoms with Crippen LogP contribution in [0.1, 0.15) is 144 Å². The van der Waals surface area contributed by atoms with E-state index in [1.807, 2.05) is 20.8 Å². The van der Waals surface area contributed by atoms with E-state index < -0.39 is 55.9 Å². The Balaban J connectivity index is 1.15. The Morgan fingerprint density at radius 1 is 0.945 bits per heavy atom. The number of ketones is 3. The highest BCUT2D eigenvalue weighted by Gasteiger charge is 2.85. The Bertz CT molecular complexity index is 1770. The molecule has 1 heterocycles. The first-order valence-electron chi connectivity index (χ1n) is 21.1. The molecule has 2 N–H and O–H groups in total. The number of hydrogen-bond donors (Lipinski definition) is 2. The molecule has 6 saturated carbocycles. The van der Waals surface area contributed by atoms with Crippen molar-refractivity contribution in [1.82, 2.24) is 14.9 Å². The summed E-state index contributed by atoms with van der Waals surface area (Å²) in [5, 5.41) is 2.49. The van der Waals surface area contributed by atoms with Crippen LogP contribution in [0.2, 0.25) is 0 Å². The molecule has 6 aliphatic carbocycles. The zero-order chi connectivity index (χ0) is 39.9. The summed E-state index contributed by atoms with van der Waals surface area (Å²) in [5.41, 5.74) is -2.24. The molecule has 1 saturated heterocycles. The van der Waals surface area contributed by atoms with E-state index in [4.69, 9.17) is 0 Å². The first-order valence-corrected chi connectivity index (χ1v) is 22.6. The molecule has 7 rings (SSSR count). The molecule has 2 spiro atoms. The second-order valence-corrected chi connectivity index (χ2v) is 22.3. The van der Waals surface area contributed by atoms with Crippen LogP contribution in [-0.4, -0.2) is 72.3 Å². The lowest BCUT2D eigenvalue weighted by atomic mass is 9.73. The summed E-state index contributed by atoms with van der Waals surface area (Å²) in [5.74, 6) is -3.16. The largest absolute Gasteiger partial charge is 0.346 e. The minimum Gasteiger partial charge on any atom is -0.346 e. The first kappa shape index (κ1) is 40.3. The Morgan fingerprint density at radius 3 is 2.13 bits per heavy atom. The zero-order valence-corrected chi connectivity index (χ0v) is 34.5. The van der Waals surface area contributed by atoms with E-state index in [-0.39, 0.29) is 76.5 Å². The number of nitrogens with zero attached hydrogens (tertiary/aromatic N) is 1. The molecule has 0 radical (unpaired) electrons. The third-order valence-electron chi connectivity index (χ3n) is 16.2. The van der Waals surface area contributed by atoms with E-state index in [1.54, 1.807) is 11.0 Å². The maximum Gasteiger partial charge on any atom is 0.240 e. The number of likely N-dealkylation sites (tertiary alicyclic amines) is 1. The van der Waals surface area contributed by atoms with Gasteiger partial charge >= 0.3 is 0 Å². The number of rotatable bonds is 14. The molecule has 3 amide bonds. The molecule has 304 valence electrons. The molecule has 7 fully saturated rings. The summed E-state index contributed by atoms with van der Waals surface area (Å²) >= 11 is 0. The van der Waals surface area contributed by atoms with Crippen LogP contribution in [0.4, 0.5) is 0 Å². The highest BCUT2D eigenvalue weighted by atomic mass is 32.2. The molecule has 7 atom stereocenters. The van der Waals surface area contributed by atoms with Crippen molar-refractivity contribution in [3.63, 3.8) is 0 Å². The number of hydrogen-bond acceptors (Lipinski definition) is 8. The van der Waals surface area contributed by atoms with Crippen molar-refractivity contribution in [3.8, 4) is 0 Å². The number of Topliss-reactive ketones (excluding diaryl/α,β-unsaturated/α-hetero) is 3. The molecule has 0 aromatic carbocycles. The summed E-state index contributed by atoms with van der Waals surface area (Å²) in [6, 6.07) is -1.56. The summed E-state index contributed by atoms with van der Waals surface area (Å²) in [6.07, 6.45) is 12.0. The maximum absolute atomic E-state index is 15.2. The van der Waals surface area contributed by atoms with Crippen LogP contribution in [0.15, 0.2) is 12.7 Å². The van der Waals surface area contributed by atoms with Gasteiger partial charge in [0.25, 0.3) is 0 Å². The monoisotopic (exact) mass is 781 g/mol. The average Bonchev–Trinajstić information content (AvgIpc) is 4.04. The van der Waals surface area contributed by atoms with E-state index in [9.17, 15) is 32.4 Å². The van der Waals surface area contributed by atoms with Crippen molar-refractivity contribution in [2.75, 3.05) is 6.54 Å². The SMILES string of the molecule is C=C[C@@H]1C[C@]1(CC(=O)[C@@H]1C[C@@]2(CN1C(=O)[C@@H](CC(=O)[C@@H](NC(=O)[C@H]1CCC(=O)C1)C1CCCCC1)C(C)(C)C)C(C)(C)C21CCC1)C(=O)NS(=O)(=O)C1CC1. The van der Waals surface area contributed by atoms with Crippen molar-refractivity contribution >= 4 is 45.1 Å². The fourth-order valence-electron chi connectivity index (χ4n) is 12.0. The van der Waals surface area contributed by atoms with Gasteiger partial charge in [-0.05, 0) is 85.9 Å². The molecule has 7 aliphatic rings. The fourth-order valence-corrected chi connectivity index (χ4v) is 13.3. The lowest BCUT2D eigenvalue weighted by molar-refractivity contribution is -0.147. The van der Waals surface area contributed by atoms with Crippen molar-refractivity contribution < 1.29 is 37.2 Å². The van der Waals surface area contributed by atoms with Crippen LogP contribution in [0.3, 0.4) is 0 Å². The van der Waals surface area contributed by atoms with Gasteiger partial charge in [-0.15, -0.1) is 6.58 Å². The van der Waals surface area contributed by atoms with Gasteiger partial charge in [0, 0.05) is 49.5 Å². The van der Waals surface area contributed by atoms with Crippen LogP contribution in [0, 0.1) is 50.7 Å². The van der Waals surface area contributed by atoms with Gasteiger partial charge in [0.1, 0.15) is 5.78 Å². The normalized spacial score (nSPS) is 33.4. The van der Waals surface area contributed by atoms with E-state index >= 15 is 4.79 Å². The van der Waals surface area contributed by atoms with E-state index in [1.165, 1.54) is 0 Å². The molecule has 11 nitrogen and oxygen atoms in total. The molecule has 12 heteroatoms. The quantitative estimate of drug-likeness (QED) is 0.215. The summed E-state index contributed by atoms with van der Waals surface area (Å²) in [7, 11) is -3.83. The highest BCUT2D eigenvalue weighted by molar-refractivity contribution is 7.90. The standard InChI is InChI=1S/C43H63N3O8S/c1-7-28-22-41(28,38(52)45-55(53,54)30-16-17-30)24-34(49)32-23-43(40(5,6)42(43)18-11-19-42)25-46(32)37(51)31(39(2,3)4)21-33(48)35(26-12-9-8-10-13-26)44-36(50)27-14-15-29(47)20-27/h7,26-28,30-32,35H,1,8-25H2,2-6H3,(H,44,50)(H,45,52)/t27-,28+,31+,32-,35-,41+,43+/m0/s1. The zero-order valence-electron chi connectivity index (χ0n) is 33.7. The number of nitrogens with one attached hydrogen (secondary N) is 2. The highest BCUT2D eigenvalue weighted by Crippen LogP contribution is 2.88. The van der Waals surface area contributed by atoms with E-state index in [0.29, 0.717) is 45.1 Å². The minimum absolute atomic E-state index is 0.0230. The molecule has 0 aromatic rings. The van der Waals surface area contributed by atoms with Crippen LogP contribution < -0.4 is 10.0 Å². The number of carbonyl (C=O) groups is 6. The van der Waals surface area contributed by atoms with Crippen molar-refractivity contribution in [3.05, 3.63) is 12.7 Å². The third-order valence-corrected chi connectivity index (χ3v) is 18.0. The Kier molecular flexibility index (Phi) is 10.2. The molecular weight excluding hydrogens is 719 g/mol. The number of fused-ring (bicyclic) bond motifs is 1. The van der Waals surface area contributed by atoms with Gasteiger partial charge in [0.2, 0.25) is 27.7 Å². The number of amides is 3. The third kappa shape index (κ3) is 6.75. The topological polar surface area (TPSA) is 164 Å². The average molecular weight is 782 g/mol. The second-order valence-electron chi connectivity index (χ2n) is 20.3. The smallest absolute Gasteiger partial charge is 0.240 e. The van der Waals surface area contributed by atoms with Gasteiger partial charge in [-0.3, -0.25) is 33.5 Å². The van der Waals surface area contributed by atoms with Gasteiger partial charge in [0.15, 0.2) is 11.6 Å². The van der Waals surface area contributed by atoms with Gasteiger partial charge in [-0.2, -0.15) is 0 Å². The van der Waals surface area contributed by atoms with Crippen molar-refractivity contribution in [2.45, 2.75) is 161 Å². The predicted molar refractivity (Wildman–Crippen MR) is 206 cm³/mol. The summed E-state index contributed by atoms with van der Waals surface area (Å²) < 4.78 is 27.9. The predicted octanol–water partition coefficient (Wildman–Crippen LogP) is 5.60. The van der Waals surface area contributed by atoms with Crippen molar-refractivity contribution in [1.29, 1.82) is 0 Å². The number of allylic oxidation sites excluding steroid dienone is 1. The van der Waals surface area contributed by atoms with Crippen LogP contribution in [0.25, 0.3) is 0 Å². The summed E-state index contributed by atoms with van der Waals surface area (Å²) in [6.45, 7) is 14.6. The van der Waals surface area contributed by atoms with Gasteiger partial charge in [-0.25, -0.2) is 8.42 Å². The molecule has 0 bridgehead atoms. The lowest BCUT2D eigenvalue weighted by Crippen LogP contribution is -2.52. The van der Waals surface area contributed by atoms with Crippen LogP contribution in [0.5, 0.6) is 0 Å². The van der Waals surface area contributed by atoms with Crippen molar-refractivity contribution in [2.24, 2.45) is 50.7 Å². The van der Waals surface area contributed by atoms with Crippen LogP contribution in [-0.2, 0) is 38.8 Å². The summed E-state index contributed by atoms with van der Waals surface area (Å²) in [4.78, 5) is 85.3. The Hall–Kier alpha value is -2.89. The molecular formula is C43H63N3O8S. The van der Waals surface area contributed by atoms with Crippen LogP contribution >= 0.6 is 0 Å². The Labute approximate surface area is 327 Å². The molecule has 1 aliphatic heterocycles. The van der Waals surface area contributed by atoms with Gasteiger partial charge in [-0.1, -0.05) is 66.4 Å². The van der Waals surface area contributed by atoms with Gasteiger partial charge in [0.05, 0.1) is 22.7 Å².